The fraction of sp³-hybridized carbons (Fsp3) is 0.412. The molecule has 0 spiro atoms. The molecule has 3 heterocycles. The zero-order chi connectivity index (χ0) is 31.8. The molecular formula is C34H38ClN7O3. The highest BCUT2D eigenvalue weighted by Crippen LogP contribution is 2.50. The molecule has 1 fully saturated rings. The van der Waals surface area contributed by atoms with Crippen molar-refractivity contribution >= 4 is 23.4 Å². The largest absolute Gasteiger partial charge is 0.465 e. The zero-order valence-corrected chi connectivity index (χ0v) is 26.4. The first kappa shape index (κ1) is 30.9. The Kier molecular flexibility index (Phi) is 8.45. The third kappa shape index (κ3) is 6.62. The quantitative estimate of drug-likeness (QED) is 0.190. The van der Waals surface area contributed by atoms with Gasteiger partial charge in [0, 0.05) is 35.9 Å². The molecule has 45 heavy (non-hydrogen) atoms. The number of halogens is 1. The number of carbonyl (C=O) groups excluding carboxylic acids is 1. The van der Waals surface area contributed by atoms with E-state index in [0.717, 1.165) is 35.2 Å². The number of aliphatic hydroxyl groups excluding tert-OH is 1. The van der Waals surface area contributed by atoms with Crippen LogP contribution >= 0.6 is 11.6 Å². The van der Waals surface area contributed by atoms with E-state index in [1.807, 2.05) is 36.4 Å². The molecule has 1 unspecified atom stereocenters. The van der Waals surface area contributed by atoms with Gasteiger partial charge in [-0.1, -0.05) is 62.7 Å². The molecule has 11 heteroatoms. The van der Waals surface area contributed by atoms with Crippen LogP contribution in [-0.2, 0) is 15.1 Å². The minimum Gasteiger partial charge on any atom is -0.465 e. The van der Waals surface area contributed by atoms with Crippen molar-refractivity contribution in [2.75, 3.05) is 6.61 Å². The first-order valence-electron chi connectivity index (χ1n) is 15.2. The third-order valence-corrected chi connectivity index (χ3v) is 8.97. The van der Waals surface area contributed by atoms with E-state index in [0.29, 0.717) is 41.0 Å². The summed E-state index contributed by atoms with van der Waals surface area (Å²) in [7, 11) is 0. The van der Waals surface area contributed by atoms with Gasteiger partial charge in [-0.3, -0.25) is 24.9 Å². The fourth-order valence-electron chi connectivity index (χ4n) is 6.42. The van der Waals surface area contributed by atoms with E-state index < -0.39 is 23.5 Å². The van der Waals surface area contributed by atoms with Gasteiger partial charge in [0.25, 0.3) is 0 Å². The van der Waals surface area contributed by atoms with Crippen molar-refractivity contribution in [2.24, 2.45) is 28.0 Å². The normalized spacial score (nSPS) is 22.2. The molecule has 2 aromatic heterocycles. The predicted molar refractivity (Wildman–Crippen MR) is 172 cm³/mol. The van der Waals surface area contributed by atoms with Crippen LogP contribution in [0.25, 0.3) is 22.6 Å². The number of aromatic amines is 1. The Labute approximate surface area is 267 Å². The van der Waals surface area contributed by atoms with E-state index in [1.54, 1.807) is 24.7 Å². The van der Waals surface area contributed by atoms with E-state index in [2.05, 4.69) is 45.9 Å². The van der Waals surface area contributed by atoms with Crippen LogP contribution in [0.3, 0.4) is 0 Å². The summed E-state index contributed by atoms with van der Waals surface area (Å²) in [5, 5.41) is 19.7. The Hall–Kier alpha value is -4.15. The van der Waals surface area contributed by atoms with Gasteiger partial charge in [0.05, 0.1) is 35.5 Å². The lowest BCUT2D eigenvalue weighted by Crippen LogP contribution is -2.45. The Bertz CT molecular complexity index is 1670. The molecule has 6 rings (SSSR count). The molecule has 2 aliphatic rings. The smallest absolute Gasteiger partial charge is 0.306 e. The van der Waals surface area contributed by atoms with Gasteiger partial charge in [0.15, 0.2) is 5.82 Å². The Morgan fingerprint density at radius 1 is 1.16 bits per heavy atom. The van der Waals surface area contributed by atoms with Crippen LogP contribution in [0.2, 0.25) is 5.02 Å². The second-order valence-corrected chi connectivity index (χ2v) is 13.8. The van der Waals surface area contributed by atoms with Crippen molar-refractivity contribution < 1.29 is 14.6 Å². The number of esters is 1. The van der Waals surface area contributed by atoms with E-state index >= 15 is 0 Å². The second kappa shape index (κ2) is 12.3. The van der Waals surface area contributed by atoms with E-state index in [4.69, 9.17) is 27.1 Å². The number of hydrogen-bond acceptors (Lipinski definition) is 9. The summed E-state index contributed by atoms with van der Waals surface area (Å²) in [4.78, 5) is 30.8. The molecular weight excluding hydrogens is 590 g/mol. The van der Waals surface area contributed by atoms with Gasteiger partial charge in [-0.05, 0) is 53.9 Å². The SMILES string of the molecule is CC(C)(C)C[C@]1(c2ccc(-c3cnccn3)cc2)N=C(N)C([C@H](COC(=O)CC2CC2)c2ccc(Cl)c(-c3ncn[nH]3)c2)[C@H]1O. The van der Waals surface area contributed by atoms with E-state index in [1.165, 1.54) is 6.33 Å². The van der Waals surface area contributed by atoms with Gasteiger partial charge in [-0.15, -0.1) is 0 Å². The predicted octanol–water partition coefficient (Wildman–Crippen LogP) is 5.69. The molecule has 4 aromatic rings. The van der Waals surface area contributed by atoms with Crippen LogP contribution in [0.1, 0.15) is 63.5 Å². The van der Waals surface area contributed by atoms with Crippen molar-refractivity contribution in [3.05, 3.63) is 83.5 Å². The highest BCUT2D eigenvalue weighted by molar-refractivity contribution is 6.33. The molecule has 2 aromatic carbocycles. The van der Waals surface area contributed by atoms with Crippen LogP contribution in [0, 0.1) is 17.3 Å². The molecule has 4 atom stereocenters. The van der Waals surface area contributed by atoms with Crippen LogP contribution in [0.5, 0.6) is 0 Å². The number of H-pyrrole nitrogens is 1. The number of amidine groups is 1. The molecule has 1 saturated carbocycles. The van der Waals surface area contributed by atoms with Crippen LogP contribution in [0.15, 0.2) is 72.4 Å². The molecule has 1 aliphatic carbocycles. The maximum Gasteiger partial charge on any atom is 0.306 e. The minimum atomic E-state index is -1.04. The summed E-state index contributed by atoms with van der Waals surface area (Å²) >= 11 is 6.58. The summed E-state index contributed by atoms with van der Waals surface area (Å²) in [5.41, 5.74) is 9.47. The molecule has 0 amide bonds. The minimum absolute atomic E-state index is 0.0260. The summed E-state index contributed by atoms with van der Waals surface area (Å²) in [6.45, 7) is 6.38. The summed E-state index contributed by atoms with van der Waals surface area (Å²) in [6.07, 6.45) is 8.41. The number of nitrogens with one attached hydrogen (secondary N) is 1. The zero-order valence-electron chi connectivity index (χ0n) is 25.7. The average molecular weight is 628 g/mol. The van der Waals surface area contributed by atoms with Crippen LogP contribution < -0.4 is 5.73 Å². The Morgan fingerprint density at radius 2 is 1.93 bits per heavy atom. The lowest BCUT2D eigenvalue weighted by atomic mass is 9.69. The Balaban J connectivity index is 1.39. The van der Waals surface area contributed by atoms with Crippen molar-refractivity contribution in [1.29, 1.82) is 0 Å². The first-order chi connectivity index (χ1) is 21.5. The lowest BCUT2D eigenvalue weighted by Gasteiger charge is -2.39. The standard InChI is InChI=1S/C34H38ClN7O3/c1-33(2,3)18-34(23-9-6-21(7-10-23)27-16-37-12-13-38-27)30(44)29(31(36)41-34)25(17-45-28(43)14-20-4-5-20)22-8-11-26(35)24(15-22)32-39-19-40-42-32/h6-13,15-16,19-20,25,29-30,44H,4-5,14,17-18H2,1-3H3,(H2,36,41)(H,39,40,42)/t25-,29?,30-,34-/m1/s1. The van der Waals surface area contributed by atoms with Gasteiger partial charge in [-0.2, -0.15) is 5.10 Å². The number of rotatable bonds is 10. The maximum atomic E-state index is 12.8. The molecule has 0 bridgehead atoms. The van der Waals surface area contributed by atoms with Crippen LogP contribution in [-0.4, -0.2) is 54.8 Å². The number of hydrogen-bond donors (Lipinski definition) is 3. The third-order valence-electron chi connectivity index (χ3n) is 8.64. The number of nitrogens with two attached hydrogens (primary N) is 1. The monoisotopic (exact) mass is 627 g/mol. The van der Waals surface area contributed by atoms with Crippen molar-refractivity contribution in [2.45, 2.75) is 64.0 Å². The van der Waals surface area contributed by atoms with Gasteiger partial charge >= 0.3 is 5.97 Å². The fourth-order valence-corrected chi connectivity index (χ4v) is 6.63. The van der Waals surface area contributed by atoms with Crippen molar-refractivity contribution in [3.8, 4) is 22.6 Å². The molecule has 1 aliphatic heterocycles. The van der Waals surface area contributed by atoms with Gasteiger partial charge < -0.3 is 15.6 Å². The number of nitrogens with zero attached hydrogens (tertiary/aromatic N) is 5. The lowest BCUT2D eigenvalue weighted by molar-refractivity contribution is -0.145. The molecule has 0 saturated heterocycles. The van der Waals surface area contributed by atoms with Gasteiger partial charge in [-0.25, -0.2) is 4.98 Å². The molecule has 0 radical (unpaired) electrons. The molecule has 234 valence electrons. The molecule has 4 N–H and O–H groups in total. The molecule has 10 nitrogen and oxygen atoms in total. The van der Waals surface area contributed by atoms with Crippen LogP contribution in [0.4, 0.5) is 0 Å². The summed E-state index contributed by atoms with van der Waals surface area (Å²) in [5.74, 6) is -0.210. The van der Waals surface area contributed by atoms with Gasteiger partial charge in [0.1, 0.15) is 17.7 Å². The number of benzene rings is 2. The highest BCUT2D eigenvalue weighted by atomic mass is 35.5. The Morgan fingerprint density at radius 3 is 2.58 bits per heavy atom. The topological polar surface area (TPSA) is 152 Å². The first-order valence-corrected chi connectivity index (χ1v) is 15.6. The van der Waals surface area contributed by atoms with E-state index in [-0.39, 0.29) is 18.0 Å². The highest BCUT2D eigenvalue weighted by Gasteiger charge is 2.54. The van der Waals surface area contributed by atoms with Crippen molar-refractivity contribution in [1.82, 2.24) is 25.1 Å². The average Bonchev–Trinajstić information content (AvgIpc) is 3.58. The number of aromatic nitrogens is 5. The summed E-state index contributed by atoms with van der Waals surface area (Å²) < 4.78 is 5.88. The maximum absolute atomic E-state index is 12.8. The summed E-state index contributed by atoms with van der Waals surface area (Å²) in [6, 6.07) is 13.4. The van der Waals surface area contributed by atoms with Gasteiger partial charge in [0.2, 0.25) is 0 Å². The number of carbonyl (C=O) groups is 1. The number of aliphatic imine (C=N–C) groups is 1. The second-order valence-electron chi connectivity index (χ2n) is 13.3. The van der Waals surface area contributed by atoms with E-state index in [9.17, 15) is 9.90 Å². The van der Waals surface area contributed by atoms with Crippen molar-refractivity contribution in [3.63, 3.8) is 0 Å². The number of aliphatic hydroxyl groups is 1. The number of ether oxygens (including phenoxy) is 1.